The van der Waals surface area contributed by atoms with Gasteiger partial charge in [0.2, 0.25) is 0 Å². The van der Waals surface area contributed by atoms with Crippen LogP contribution in [0.1, 0.15) is 20.8 Å². The molecule has 2 nitrogen and oxygen atoms in total. The van der Waals surface area contributed by atoms with Crippen molar-refractivity contribution in [2.75, 3.05) is 0 Å². The molecule has 0 spiro atoms. The van der Waals surface area contributed by atoms with E-state index in [1.165, 1.54) is 0 Å². The average Bonchev–Trinajstić information content (AvgIpc) is 1.85. The highest BCUT2D eigenvalue weighted by molar-refractivity contribution is 14.1. The van der Waals surface area contributed by atoms with Crippen LogP contribution in [-0.2, 0) is 9.59 Å². The second-order valence-corrected chi connectivity index (χ2v) is 5.06. The van der Waals surface area contributed by atoms with Crippen molar-refractivity contribution in [3.63, 3.8) is 0 Å². The van der Waals surface area contributed by atoms with E-state index >= 15 is 0 Å². The minimum atomic E-state index is -0.529. The standard InChI is InChI=1S/C7H10I2O2/c1-4(5(8)10)7(2,3)6(9)11/h4H,1-3H3. The molecule has 0 aromatic carbocycles. The molecule has 0 saturated carbocycles. The maximum Gasteiger partial charge on any atom is 0.198 e. The smallest absolute Gasteiger partial charge is 0.198 e. The molecule has 0 aliphatic rings. The van der Waals surface area contributed by atoms with E-state index in [0.29, 0.717) is 0 Å². The lowest BCUT2D eigenvalue weighted by Gasteiger charge is -2.24. The fourth-order valence-corrected chi connectivity index (χ4v) is 1.70. The first kappa shape index (κ1) is 11.8. The Morgan fingerprint density at radius 1 is 1.27 bits per heavy atom. The molecule has 1 unspecified atom stereocenters. The topological polar surface area (TPSA) is 34.1 Å². The Balaban J connectivity index is 4.55. The molecule has 0 amide bonds. The second kappa shape index (κ2) is 4.15. The van der Waals surface area contributed by atoms with Crippen molar-refractivity contribution in [1.82, 2.24) is 0 Å². The number of halogens is 2. The molecule has 0 rings (SSSR count). The van der Waals surface area contributed by atoms with Gasteiger partial charge in [-0.2, -0.15) is 0 Å². The highest BCUT2D eigenvalue weighted by Crippen LogP contribution is 2.32. The first-order chi connectivity index (χ1) is 4.80. The van der Waals surface area contributed by atoms with Gasteiger partial charge in [-0.05, 0) is 22.6 Å². The minimum Gasteiger partial charge on any atom is -0.287 e. The highest BCUT2D eigenvalue weighted by Gasteiger charge is 2.35. The van der Waals surface area contributed by atoms with Crippen LogP contribution in [0.4, 0.5) is 0 Å². The summed E-state index contributed by atoms with van der Waals surface area (Å²) in [5.74, 6) is -0.201. The third-order valence-corrected chi connectivity index (χ3v) is 4.25. The Labute approximate surface area is 93.8 Å². The van der Waals surface area contributed by atoms with Gasteiger partial charge in [0.15, 0.2) is 7.58 Å². The molecule has 4 heteroatoms. The average molecular weight is 380 g/mol. The van der Waals surface area contributed by atoms with Crippen LogP contribution in [0.2, 0.25) is 0 Å². The van der Waals surface area contributed by atoms with Gasteiger partial charge in [-0.25, -0.2) is 0 Å². The summed E-state index contributed by atoms with van der Waals surface area (Å²) < 4.78 is 0.0743. The van der Waals surface area contributed by atoms with Crippen LogP contribution in [0.25, 0.3) is 0 Å². The second-order valence-electron chi connectivity index (χ2n) is 3.02. The van der Waals surface area contributed by atoms with Crippen LogP contribution < -0.4 is 0 Å². The maximum absolute atomic E-state index is 11.0. The van der Waals surface area contributed by atoms with Gasteiger partial charge in [-0.3, -0.25) is 9.59 Å². The van der Waals surface area contributed by atoms with E-state index in [4.69, 9.17) is 0 Å². The lowest BCUT2D eigenvalue weighted by molar-refractivity contribution is -0.125. The molecule has 0 aliphatic heterocycles. The third kappa shape index (κ3) is 2.96. The molecule has 0 radical (unpaired) electrons. The molecular weight excluding hydrogens is 370 g/mol. The Kier molecular flexibility index (Phi) is 4.46. The zero-order valence-electron chi connectivity index (χ0n) is 6.65. The van der Waals surface area contributed by atoms with E-state index in [9.17, 15) is 9.59 Å². The molecule has 0 N–H and O–H groups in total. The molecule has 0 aromatic heterocycles. The summed E-state index contributed by atoms with van der Waals surface area (Å²) in [6.45, 7) is 5.37. The largest absolute Gasteiger partial charge is 0.287 e. The quantitative estimate of drug-likeness (QED) is 0.558. The lowest BCUT2D eigenvalue weighted by Crippen LogP contribution is -2.31. The monoisotopic (exact) mass is 380 g/mol. The van der Waals surface area contributed by atoms with E-state index in [0.717, 1.165) is 0 Å². The molecule has 0 bridgehead atoms. The summed E-state index contributed by atoms with van der Waals surface area (Å²) in [5, 5.41) is 0. The minimum absolute atomic E-state index is 0.0348. The summed E-state index contributed by atoms with van der Waals surface area (Å²) in [5.41, 5.74) is -0.529. The van der Waals surface area contributed by atoms with E-state index < -0.39 is 5.41 Å². The summed E-state index contributed by atoms with van der Waals surface area (Å²) in [6, 6.07) is 0. The number of carbonyl (C=O) groups excluding carboxylic acids is 2. The Bertz CT molecular complexity index is 187. The summed E-state index contributed by atoms with van der Waals surface area (Å²) in [6.07, 6.45) is 0. The van der Waals surface area contributed by atoms with Gasteiger partial charge in [-0.15, -0.1) is 0 Å². The van der Waals surface area contributed by atoms with Crippen LogP contribution in [0.15, 0.2) is 0 Å². The van der Waals surface area contributed by atoms with Crippen molar-refractivity contribution in [3.05, 3.63) is 0 Å². The van der Waals surface area contributed by atoms with Crippen molar-refractivity contribution in [2.45, 2.75) is 20.8 Å². The maximum atomic E-state index is 11.0. The zero-order valence-corrected chi connectivity index (χ0v) is 11.0. The Morgan fingerprint density at radius 3 is 1.73 bits per heavy atom. The Morgan fingerprint density at radius 2 is 1.64 bits per heavy atom. The number of hydrogen-bond acceptors (Lipinski definition) is 2. The first-order valence-electron chi connectivity index (χ1n) is 3.19. The highest BCUT2D eigenvalue weighted by atomic mass is 127. The molecule has 1 atom stereocenters. The molecule has 64 valence electrons. The van der Waals surface area contributed by atoms with Gasteiger partial charge in [0.25, 0.3) is 0 Å². The molecule has 0 fully saturated rings. The third-order valence-electron chi connectivity index (χ3n) is 1.93. The fourth-order valence-electron chi connectivity index (χ4n) is 0.454. The van der Waals surface area contributed by atoms with E-state index in [1.807, 2.05) is 0 Å². The van der Waals surface area contributed by atoms with Crippen molar-refractivity contribution in [3.8, 4) is 0 Å². The number of carbonyl (C=O) groups is 2. The molecule has 0 aliphatic carbocycles. The molecule has 11 heavy (non-hydrogen) atoms. The van der Waals surface area contributed by atoms with Gasteiger partial charge < -0.3 is 0 Å². The van der Waals surface area contributed by atoms with E-state index in [-0.39, 0.29) is 13.5 Å². The van der Waals surface area contributed by atoms with Crippen molar-refractivity contribution in [1.29, 1.82) is 0 Å². The van der Waals surface area contributed by atoms with Gasteiger partial charge >= 0.3 is 0 Å². The molecule has 0 aromatic rings. The van der Waals surface area contributed by atoms with Crippen molar-refractivity contribution < 1.29 is 9.59 Å². The predicted molar refractivity (Wildman–Crippen MR) is 61.0 cm³/mol. The summed E-state index contributed by atoms with van der Waals surface area (Å²) in [7, 11) is 0. The summed E-state index contributed by atoms with van der Waals surface area (Å²) >= 11 is 3.47. The van der Waals surface area contributed by atoms with Crippen molar-refractivity contribution >= 4 is 52.8 Å². The van der Waals surface area contributed by atoms with Crippen LogP contribution >= 0.6 is 45.2 Å². The van der Waals surface area contributed by atoms with Gasteiger partial charge in [0.05, 0.1) is 0 Å². The summed E-state index contributed by atoms with van der Waals surface area (Å²) in [4.78, 5) is 22.0. The van der Waals surface area contributed by atoms with E-state index in [1.54, 1.807) is 66.0 Å². The van der Waals surface area contributed by atoms with Gasteiger partial charge in [0, 0.05) is 33.9 Å². The zero-order chi connectivity index (χ0) is 9.23. The van der Waals surface area contributed by atoms with Crippen LogP contribution in [-0.4, -0.2) is 7.58 Å². The van der Waals surface area contributed by atoms with Gasteiger partial charge in [0.1, 0.15) is 0 Å². The Hall–Kier alpha value is 0.800. The molecular formula is C7H10I2O2. The van der Waals surface area contributed by atoms with Crippen LogP contribution in [0.3, 0.4) is 0 Å². The first-order valence-corrected chi connectivity index (χ1v) is 5.35. The predicted octanol–water partition coefficient (Wildman–Crippen LogP) is 2.57. The van der Waals surface area contributed by atoms with Crippen molar-refractivity contribution in [2.24, 2.45) is 11.3 Å². The number of hydrogen-bond donors (Lipinski definition) is 0. The fraction of sp³-hybridized carbons (Fsp3) is 0.714. The number of rotatable bonds is 3. The SMILES string of the molecule is CC(C(=O)I)C(C)(C)C(=O)I. The van der Waals surface area contributed by atoms with Crippen LogP contribution in [0, 0.1) is 11.3 Å². The van der Waals surface area contributed by atoms with E-state index in [2.05, 4.69) is 0 Å². The normalized spacial score (nSPS) is 14.3. The lowest BCUT2D eigenvalue weighted by atomic mass is 9.82. The molecule has 0 saturated heterocycles. The molecule has 0 heterocycles. The van der Waals surface area contributed by atoms with Gasteiger partial charge in [-0.1, -0.05) is 20.8 Å². The van der Waals surface area contributed by atoms with Crippen LogP contribution in [0.5, 0.6) is 0 Å².